The van der Waals surface area contributed by atoms with Crippen LogP contribution in [0.2, 0.25) is 0 Å². The lowest BCUT2D eigenvalue weighted by Crippen LogP contribution is -2.02. The third-order valence-electron chi connectivity index (χ3n) is 1.90. The summed E-state index contributed by atoms with van der Waals surface area (Å²) >= 11 is 0. The van der Waals surface area contributed by atoms with Crippen LogP contribution in [0, 0.1) is 0 Å². The van der Waals surface area contributed by atoms with Gasteiger partial charge in [-0.3, -0.25) is 0 Å². The van der Waals surface area contributed by atoms with Crippen LogP contribution in [0.3, 0.4) is 0 Å². The van der Waals surface area contributed by atoms with Crippen molar-refractivity contribution < 1.29 is 0 Å². The van der Waals surface area contributed by atoms with E-state index in [0.29, 0.717) is 6.54 Å². The molecule has 1 aromatic rings. The molecule has 64 valence electrons. The Hall–Kier alpha value is -1.08. The predicted molar refractivity (Wildman–Crippen MR) is 53.0 cm³/mol. The molecule has 0 aliphatic rings. The van der Waals surface area contributed by atoms with Crippen molar-refractivity contribution in [1.29, 1.82) is 0 Å². The standard InChI is InChI=1S/C11H15N/c1-10(9-12)7-8-11-5-3-2-4-6-11/h2-6H,1,7-9,12H2. The zero-order valence-electron chi connectivity index (χ0n) is 7.29. The van der Waals surface area contributed by atoms with Crippen LogP contribution in [0.5, 0.6) is 0 Å². The molecule has 2 N–H and O–H groups in total. The minimum Gasteiger partial charge on any atom is -0.327 e. The highest BCUT2D eigenvalue weighted by Crippen LogP contribution is 2.05. The Morgan fingerprint density at radius 3 is 2.50 bits per heavy atom. The van der Waals surface area contributed by atoms with Crippen molar-refractivity contribution in [1.82, 2.24) is 0 Å². The second-order valence-electron chi connectivity index (χ2n) is 2.94. The van der Waals surface area contributed by atoms with Crippen LogP contribution in [0.1, 0.15) is 12.0 Å². The molecule has 0 heterocycles. The molecule has 0 unspecified atom stereocenters. The second kappa shape index (κ2) is 4.73. The fourth-order valence-electron chi connectivity index (χ4n) is 1.07. The molecule has 0 fully saturated rings. The average molecular weight is 161 g/mol. The van der Waals surface area contributed by atoms with E-state index in [1.54, 1.807) is 0 Å². The first-order valence-electron chi connectivity index (χ1n) is 4.23. The minimum absolute atomic E-state index is 0.604. The molecule has 0 atom stereocenters. The zero-order valence-corrected chi connectivity index (χ0v) is 7.29. The summed E-state index contributed by atoms with van der Waals surface area (Å²) < 4.78 is 0. The Morgan fingerprint density at radius 2 is 1.92 bits per heavy atom. The molecule has 1 heteroatoms. The number of benzene rings is 1. The van der Waals surface area contributed by atoms with Gasteiger partial charge in [0.2, 0.25) is 0 Å². The number of hydrogen-bond donors (Lipinski definition) is 1. The van der Waals surface area contributed by atoms with Gasteiger partial charge in [0, 0.05) is 6.54 Å². The summed E-state index contributed by atoms with van der Waals surface area (Å²) in [5.41, 5.74) is 7.91. The van der Waals surface area contributed by atoms with Crippen LogP contribution < -0.4 is 5.73 Å². The van der Waals surface area contributed by atoms with Crippen molar-refractivity contribution >= 4 is 0 Å². The molecule has 0 bridgehead atoms. The smallest absolute Gasteiger partial charge is 0.0134 e. The molecule has 0 saturated heterocycles. The summed E-state index contributed by atoms with van der Waals surface area (Å²) in [6.07, 6.45) is 2.05. The van der Waals surface area contributed by atoms with Crippen LogP contribution in [0.15, 0.2) is 42.5 Å². The minimum atomic E-state index is 0.604. The van der Waals surface area contributed by atoms with E-state index in [0.717, 1.165) is 18.4 Å². The Balaban J connectivity index is 2.38. The summed E-state index contributed by atoms with van der Waals surface area (Å²) in [5, 5.41) is 0. The van der Waals surface area contributed by atoms with E-state index >= 15 is 0 Å². The van der Waals surface area contributed by atoms with Gasteiger partial charge in [-0.25, -0.2) is 0 Å². The van der Waals surface area contributed by atoms with Gasteiger partial charge < -0.3 is 5.73 Å². The lowest BCUT2D eigenvalue weighted by Gasteiger charge is -2.01. The Bertz CT molecular complexity index is 238. The van der Waals surface area contributed by atoms with Gasteiger partial charge in [0.15, 0.2) is 0 Å². The highest BCUT2D eigenvalue weighted by atomic mass is 14.5. The van der Waals surface area contributed by atoms with Crippen molar-refractivity contribution in [2.75, 3.05) is 6.54 Å². The van der Waals surface area contributed by atoms with Gasteiger partial charge in [-0.15, -0.1) is 0 Å². The highest BCUT2D eigenvalue weighted by Gasteiger charge is 1.93. The van der Waals surface area contributed by atoms with E-state index in [-0.39, 0.29) is 0 Å². The van der Waals surface area contributed by atoms with Crippen molar-refractivity contribution in [2.24, 2.45) is 5.73 Å². The second-order valence-corrected chi connectivity index (χ2v) is 2.94. The Labute approximate surface area is 73.9 Å². The van der Waals surface area contributed by atoms with Gasteiger partial charge in [-0.05, 0) is 18.4 Å². The van der Waals surface area contributed by atoms with Crippen LogP contribution in [0.4, 0.5) is 0 Å². The quantitative estimate of drug-likeness (QED) is 0.673. The summed E-state index contributed by atoms with van der Waals surface area (Å²) in [4.78, 5) is 0. The van der Waals surface area contributed by atoms with Crippen LogP contribution in [-0.4, -0.2) is 6.54 Å². The molecular formula is C11H15N. The van der Waals surface area contributed by atoms with Crippen molar-refractivity contribution in [3.05, 3.63) is 48.0 Å². The van der Waals surface area contributed by atoms with Gasteiger partial charge in [-0.1, -0.05) is 42.5 Å². The maximum atomic E-state index is 5.44. The average Bonchev–Trinajstić information content (AvgIpc) is 2.16. The fraction of sp³-hybridized carbons (Fsp3) is 0.273. The van der Waals surface area contributed by atoms with E-state index in [1.165, 1.54) is 5.56 Å². The van der Waals surface area contributed by atoms with E-state index in [9.17, 15) is 0 Å². The van der Waals surface area contributed by atoms with Crippen LogP contribution in [0.25, 0.3) is 0 Å². The number of rotatable bonds is 4. The maximum Gasteiger partial charge on any atom is 0.0134 e. The number of hydrogen-bond acceptors (Lipinski definition) is 1. The molecule has 12 heavy (non-hydrogen) atoms. The van der Waals surface area contributed by atoms with Gasteiger partial charge in [0.25, 0.3) is 0 Å². The molecule has 0 spiro atoms. The van der Waals surface area contributed by atoms with Gasteiger partial charge >= 0.3 is 0 Å². The maximum absolute atomic E-state index is 5.44. The third-order valence-corrected chi connectivity index (χ3v) is 1.90. The zero-order chi connectivity index (χ0) is 8.81. The highest BCUT2D eigenvalue weighted by molar-refractivity contribution is 5.16. The number of nitrogens with two attached hydrogens (primary N) is 1. The molecular weight excluding hydrogens is 146 g/mol. The first-order chi connectivity index (χ1) is 5.83. The molecule has 1 rings (SSSR count). The lowest BCUT2D eigenvalue weighted by atomic mass is 10.1. The van der Waals surface area contributed by atoms with Gasteiger partial charge in [0.05, 0.1) is 0 Å². The lowest BCUT2D eigenvalue weighted by molar-refractivity contribution is 0.908. The van der Waals surface area contributed by atoms with Crippen molar-refractivity contribution in [3.63, 3.8) is 0 Å². The largest absolute Gasteiger partial charge is 0.327 e. The molecule has 0 radical (unpaired) electrons. The molecule has 0 aromatic heterocycles. The van der Waals surface area contributed by atoms with Gasteiger partial charge in [0.1, 0.15) is 0 Å². The monoisotopic (exact) mass is 161 g/mol. The first-order valence-corrected chi connectivity index (χ1v) is 4.23. The van der Waals surface area contributed by atoms with E-state index in [4.69, 9.17) is 5.73 Å². The topological polar surface area (TPSA) is 26.0 Å². The van der Waals surface area contributed by atoms with Crippen molar-refractivity contribution in [3.8, 4) is 0 Å². The first kappa shape index (κ1) is 9.01. The molecule has 0 aliphatic heterocycles. The van der Waals surface area contributed by atoms with Crippen LogP contribution in [-0.2, 0) is 6.42 Å². The predicted octanol–water partition coefficient (Wildman–Crippen LogP) is 2.13. The van der Waals surface area contributed by atoms with Crippen LogP contribution >= 0.6 is 0 Å². The Morgan fingerprint density at radius 1 is 1.25 bits per heavy atom. The molecule has 0 amide bonds. The summed E-state index contributed by atoms with van der Waals surface area (Å²) in [5.74, 6) is 0. The van der Waals surface area contributed by atoms with E-state index in [1.807, 2.05) is 6.07 Å². The summed E-state index contributed by atoms with van der Waals surface area (Å²) in [6.45, 7) is 4.47. The number of aryl methyl sites for hydroxylation is 1. The molecule has 0 aliphatic carbocycles. The summed E-state index contributed by atoms with van der Waals surface area (Å²) in [7, 11) is 0. The fourth-order valence-corrected chi connectivity index (χ4v) is 1.07. The molecule has 1 nitrogen and oxygen atoms in total. The normalized spacial score (nSPS) is 9.75. The summed E-state index contributed by atoms with van der Waals surface area (Å²) in [6, 6.07) is 10.4. The SMILES string of the molecule is C=C(CN)CCc1ccccc1. The van der Waals surface area contributed by atoms with E-state index in [2.05, 4.69) is 30.8 Å². The Kier molecular flexibility index (Phi) is 3.55. The van der Waals surface area contributed by atoms with E-state index < -0.39 is 0 Å². The molecule has 0 saturated carbocycles. The molecule has 1 aromatic carbocycles. The van der Waals surface area contributed by atoms with Gasteiger partial charge in [-0.2, -0.15) is 0 Å². The van der Waals surface area contributed by atoms with Crippen molar-refractivity contribution in [2.45, 2.75) is 12.8 Å². The third kappa shape index (κ3) is 2.89.